The zero-order valence-corrected chi connectivity index (χ0v) is 12.9. The predicted octanol–water partition coefficient (Wildman–Crippen LogP) is 2.59. The largest absolute Gasteiger partial charge is 0.494 e. The van der Waals surface area contributed by atoms with E-state index in [-0.39, 0.29) is 11.9 Å². The van der Waals surface area contributed by atoms with Gasteiger partial charge in [-0.05, 0) is 32.9 Å². The van der Waals surface area contributed by atoms with E-state index in [4.69, 9.17) is 9.47 Å². The van der Waals surface area contributed by atoms with E-state index in [1.165, 1.54) is 0 Å². The summed E-state index contributed by atoms with van der Waals surface area (Å²) in [5.74, 6) is 1.34. The summed E-state index contributed by atoms with van der Waals surface area (Å²) in [4.78, 5) is 11.9. The zero-order valence-electron chi connectivity index (χ0n) is 12.9. The molecule has 1 amide bonds. The van der Waals surface area contributed by atoms with Crippen LogP contribution in [0.5, 0.6) is 11.5 Å². The molecular formula is C16H24N2O3. The van der Waals surface area contributed by atoms with Gasteiger partial charge < -0.3 is 20.1 Å². The SMILES string of the molecule is C=CCNC(=O)C(C)Nc1cc(OCC)ccc1OCC. The van der Waals surface area contributed by atoms with Crippen LogP contribution in [0.1, 0.15) is 20.8 Å². The van der Waals surface area contributed by atoms with Gasteiger partial charge in [-0.3, -0.25) is 4.79 Å². The molecule has 0 heterocycles. The lowest BCUT2D eigenvalue weighted by atomic mass is 10.2. The van der Waals surface area contributed by atoms with Crippen LogP contribution in [0.4, 0.5) is 5.69 Å². The van der Waals surface area contributed by atoms with Gasteiger partial charge >= 0.3 is 0 Å². The Morgan fingerprint density at radius 3 is 2.67 bits per heavy atom. The van der Waals surface area contributed by atoms with Gasteiger partial charge in [-0.2, -0.15) is 0 Å². The molecule has 1 aromatic carbocycles. The third-order valence-electron chi connectivity index (χ3n) is 2.75. The van der Waals surface area contributed by atoms with Crippen LogP contribution in [0.3, 0.4) is 0 Å². The van der Waals surface area contributed by atoms with Crippen molar-refractivity contribution < 1.29 is 14.3 Å². The van der Waals surface area contributed by atoms with E-state index >= 15 is 0 Å². The average Bonchev–Trinajstić information content (AvgIpc) is 2.47. The number of carbonyl (C=O) groups is 1. The van der Waals surface area contributed by atoms with Crippen LogP contribution in [0.15, 0.2) is 30.9 Å². The summed E-state index contributed by atoms with van der Waals surface area (Å²) >= 11 is 0. The first kappa shape index (κ1) is 16.9. The number of rotatable bonds is 9. The minimum atomic E-state index is -0.388. The standard InChI is InChI=1S/C16H24N2O3/c1-5-10-17-16(19)12(4)18-14-11-13(20-6-2)8-9-15(14)21-7-3/h5,8-9,11-12,18H,1,6-7,10H2,2-4H3,(H,17,19). The van der Waals surface area contributed by atoms with Crippen molar-refractivity contribution in [2.45, 2.75) is 26.8 Å². The molecule has 5 heteroatoms. The maximum atomic E-state index is 11.9. The van der Waals surface area contributed by atoms with Crippen molar-refractivity contribution in [3.05, 3.63) is 30.9 Å². The molecule has 0 fully saturated rings. The van der Waals surface area contributed by atoms with Crippen LogP contribution < -0.4 is 20.1 Å². The number of anilines is 1. The lowest BCUT2D eigenvalue weighted by Gasteiger charge is -2.18. The monoisotopic (exact) mass is 292 g/mol. The Morgan fingerprint density at radius 1 is 1.33 bits per heavy atom. The number of hydrogen-bond acceptors (Lipinski definition) is 4. The first-order valence-corrected chi connectivity index (χ1v) is 7.17. The molecule has 0 saturated heterocycles. The van der Waals surface area contributed by atoms with E-state index < -0.39 is 0 Å². The van der Waals surface area contributed by atoms with Crippen molar-refractivity contribution in [2.75, 3.05) is 25.1 Å². The number of nitrogens with one attached hydrogen (secondary N) is 2. The predicted molar refractivity (Wildman–Crippen MR) is 85.1 cm³/mol. The summed E-state index contributed by atoms with van der Waals surface area (Å²) in [6.45, 7) is 10.8. The van der Waals surface area contributed by atoms with Crippen LogP contribution in [0, 0.1) is 0 Å². The Balaban J connectivity index is 2.84. The van der Waals surface area contributed by atoms with Gasteiger partial charge in [-0.25, -0.2) is 0 Å². The van der Waals surface area contributed by atoms with E-state index in [1.54, 1.807) is 13.0 Å². The summed E-state index contributed by atoms with van der Waals surface area (Å²) < 4.78 is 11.0. The Hall–Kier alpha value is -2.17. The molecule has 0 spiro atoms. The summed E-state index contributed by atoms with van der Waals surface area (Å²) in [5, 5.41) is 5.90. The van der Waals surface area contributed by atoms with Crippen molar-refractivity contribution in [1.82, 2.24) is 5.32 Å². The highest BCUT2D eigenvalue weighted by atomic mass is 16.5. The maximum absolute atomic E-state index is 11.9. The van der Waals surface area contributed by atoms with Crippen molar-refractivity contribution >= 4 is 11.6 Å². The van der Waals surface area contributed by atoms with Gasteiger partial charge in [0.15, 0.2) is 0 Å². The molecular weight excluding hydrogens is 268 g/mol. The summed E-state index contributed by atoms with van der Waals surface area (Å²) in [6, 6.07) is 5.14. The Morgan fingerprint density at radius 2 is 2.05 bits per heavy atom. The highest BCUT2D eigenvalue weighted by molar-refractivity contribution is 5.84. The van der Waals surface area contributed by atoms with Gasteiger partial charge in [0.25, 0.3) is 0 Å². The van der Waals surface area contributed by atoms with Gasteiger partial charge in [0, 0.05) is 12.6 Å². The Kier molecular flexibility index (Phi) is 7.15. The zero-order chi connectivity index (χ0) is 15.7. The number of hydrogen-bond donors (Lipinski definition) is 2. The first-order valence-electron chi connectivity index (χ1n) is 7.17. The van der Waals surface area contributed by atoms with Crippen molar-refractivity contribution in [2.24, 2.45) is 0 Å². The van der Waals surface area contributed by atoms with Gasteiger partial charge in [0.05, 0.1) is 18.9 Å². The fourth-order valence-electron chi connectivity index (χ4n) is 1.78. The molecule has 5 nitrogen and oxygen atoms in total. The van der Waals surface area contributed by atoms with Crippen molar-refractivity contribution in [3.63, 3.8) is 0 Å². The third-order valence-corrected chi connectivity index (χ3v) is 2.75. The van der Waals surface area contributed by atoms with Gasteiger partial charge in [0.1, 0.15) is 17.5 Å². The highest BCUT2D eigenvalue weighted by Gasteiger charge is 2.14. The van der Waals surface area contributed by atoms with Gasteiger partial charge in [-0.15, -0.1) is 6.58 Å². The van der Waals surface area contributed by atoms with E-state index in [1.807, 2.05) is 32.0 Å². The van der Waals surface area contributed by atoms with Crippen LogP contribution >= 0.6 is 0 Å². The van der Waals surface area contributed by atoms with Gasteiger partial charge in [-0.1, -0.05) is 6.08 Å². The average molecular weight is 292 g/mol. The molecule has 0 radical (unpaired) electrons. The van der Waals surface area contributed by atoms with Crippen LogP contribution in [-0.2, 0) is 4.79 Å². The van der Waals surface area contributed by atoms with Crippen molar-refractivity contribution in [3.8, 4) is 11.5 Å². The molecule has 2 N–H and O–H groups in total. The first-order chi connectivity index (χ1) is 10.1. The minimum Gasteiger partial charge on any atom is -0.494 e. The second-order valence-corrected chi connectivity index (χ2v) is 4.42. The Bertz CT molecular complexity index is 475. The molecule has 0 bridgehead atoms. The molecule has 21 heavy (non-hydrogen) atoms. The fraction of sp³-hybridized carbons (Fsp3) is 0.438. The molecule has 1 unspecified atom stereocenters. The molecule has 0 aliphatic carbocycles. The maximum Gasteiger partial charge on any atom is 0.242 e. The van der Waals surface area contributed by atoms with E-state index in [0.717, 1.165) is 11.4 Å². The smallest absolute Gasteiger partial charge is 0.242 e. The lowest BCUT2D eigenvalue weighted by molar-refractivity contribution is -0.121. The minimum absolute atomic E-state index is 0.0980. The quantitative estimate of drug-likeness (QED) is 0.687. The molecule has 116 valence electrons. The fourth-order valence-corrected chi connectivity index (χ4v) is 1.78. The second kappa shape index (κ2) is 8.89. The third kappa shape index (κ3) is 5.38. The topological polar surface area (TPSA) is 59.6 Å². The molecule has 0 saturated carbocycles. The molecule has 1 aromatic rings. The second-order valence-electron chi connectivity index (χ2n) is 4.42. The van der Waals surface area contributed by atoms with Crippen LogP contribution in [-0.4, -0.2) is 31.7 Å². The van der Waals surface area contributed by atoms with E-state index in [9.17, 15) is 4.79 Å². The highest BCUT2D eigenvalue weighted by Crippen LogP contribution is 2.30. The summed E-state index contributed by atoms with van der Waals surface area (Å²) in [6.07, 6.45) is 1.64. The number of carbonyl (C=O) groups excluding carboxylic acids is 1. The molecule has 1 rings (SSSR count). The Labute approximate surface area is 126 Å². The van der Waals surface area contributed by atoms with Crippen molar-refractivity contribution in [1.29, 1.82) is 0 Å². The molecule has 0 aliphatic heterocycles. The number of benzene rings is 1. The van der Waals surface area contributed by atoms with Crippen LogP contribution in [0.25, 0.3) is 0 Å². The van der Waals surface area contributed by atoms with Crippen LogP contribution in [0.2, 0.25) is 0 Å². The molecule has 1 atom stereocenters. The number of amides is 1. The molecule has 0 aliphatic rings. The normalized spacial score (nSPS) is 11.4. The van der Waals surface area contributed by atoms with E-state index in [0.29, 0.717) is 25.5 Å². The number of ether oxygens (including phenoxy) is 2. The van der Waals surface area contributed by atoms with Gasteiger partial charge in [0.2, 0.25) is 5.91 Å². The molecule has 0 aromatic heterocycles. The van der Waals surface area contributed by atoms with E-state index in [2.05, 4.69) is 17.2 Å². The summed E-state index contributed by atoms with van der Waals surface area (Å²) in [5.41, 5.74) is 0.740. The summed E-state index contributed by atoms with van der Waals surface area (Å²) in [7, 11) is 0. The lowest BCUT2D eigenvalue weighted by Crippen LogP contribution is -2.37.